The van der Waals surface area contributed by atoms with Crippen LogP contribution in [0.4, 0.5) is 9.80 Å². The summed E-state index contributed by atoms with van der Waals surface area (Å²) in [5.74, 6) is 1.16. The third kappa shape index (κ3) is 5.04. The van der Waals surface area contributed by atoms with Gasteiger partial charge >= 0.3 is 6.09 Å². The number of ether oxygens (including phenoxy) is 1. The second-order valence-electron chi connectivity index (χ2n) is 10.3. The van der Waals surface area contributed by atoms with Crippen molar-refractivity contribution in [1.29, 1.82) is 0 Å². The maximum Gasteiger partial charge on any atom is 0.415 e. The maximum atomic E-state index is 13.4. The van der Waals surface area contributed by atoms with Gasteiger partial charge in [0, 0.05) is 31.7 Å². The molecule has 1 atom stereocenters. The lowest BCUT2D eigenvalue weighted by atomic mass is 9.83. The molecule has 3 aliphatic heterocycles. The topological polar surface area (TPSA) is 29.5 Å². The second-order valence-corrected chi connectivity index (χ2v) is 11.2. The number of carbonyl (C=O) groups is 1. The number of hydrogen-bond donors (Lipinski definition) is 0. The van der Waals surface area contributed by atoms with Gasteiger partial charge in [0.2, 0.25) is 0 Å². The Kier molecular flexibility index (Phi) is 6.84. The molecule has 1 aromatic carbocycles. The third-order valence-electron chi connectivity index (χ3n) is 8.14. The molecule has 4 aliphatic rings. The first-order chi connectivity index (χ1) is 15.7. The number of nitrogens with zero attached hydrogens (tertiary/aromatic N) is 2. The van der Waals surface area contributed by atoms with Gasteiger partial charge in [-0.1, -0.05) is 43.2 Å². The smallest absolute Gasteiger partial charge is 0.415 e. The molecule has 5 heteroatoms. The summed E-state index contributed by atoms with van der Waals surface area (Å²) in [5, 5.41) is 3.10. The highest BCUT2D eigenvalue weighted by atomic mass is 32.1. The SMILES string of the molecule is O=C(O[C@H]1C[N+]2(CCCc3ccccc3)CCC1CC2)N(CC1CCCC1)c1cccs1. The van der Waals surface area contributed by atoms with Gasteiger partial charge in [0.05, 0.1) is 19.6 Å². The van der Waals surface area contributed by atoms with Gasteiger partial charge in [0.15, 0.2) is 6.10 Å². The van der Waals surface area contributed by atoms with Crippen molar-refractivity contribution in [3.8, 4) is 0 Å². The van der Waals surface area contributed by atoms with E-state index in [0.717, 1.165) is 29.0 Å². The quantitative estimate of drug-likeness (QED) is 0.451. The minimum absolute atomic E-state index is 0.0766. The summed E-state index contributed by atoms with van der Waals surface area (Å²) < 4.78 is 7.43. The van der Waals surface area contributed by atoms with Gasteiger partial charge in [0.1, 0.15) is 11.5 Å². The Labute approximate surface area is 196 Å². The van der Waals surface area contributed by atoms with Crippen LogP contribution in [0.1, 0.15) is 50.5 Å². The fourth-order valence-electron chi connectivity index (χ4n) is 6.25. The molecule has 1 saturated carbocycles. The fraction of sp³-hybridized carbons (Fsp3) is 0.593. The molecule has 0 unspecified atom stereocenters. The van der Waals surface area contributed by atoms with E-state index in [1.807, 2.05) is 11.0 Å². The Morgan fingerprint density at radius 3 is 2.53 bits per heavy atom. The Hall–Kier alpha value is -1.85. The van der Waals surface area contributed by atoms with Gasteiger partial charge in [-0.3, -0.25) is 4.90 Å². The van der Waals surface area contributed by atoms with Crippen molar-refractivity contribution in [3.63, 3.8) is 0 Å². The number of quaternary nitrogens is 1. The number of anilines is 1. The molecule has 4 heterocycles. The zero-order chi connectivity index (χ0) is 21.8. The Balaban J connectivity index is 1.20. The predicted molar refractivity (Wildman–Crippen MR) is 131 cm³/mol. The molecular weight excluding hydrogens is 416 g/mol. The van der Waals surface area contributed by atoms with Crippen molar-refractivity contribution >= 4 is 22.4 Å². The fourth-order valence-corrected chi connectivity index (χ4v) is 6.98. The normalized spacial score (nSPS) is 27.5. The highest BCUT2D eigenvalue weighted by molar-refractivity contribution is 7.14. The average molecular weight is 454 g/mol. The van der Waals surface area contributed by atoms with Crippen LogP contribution in [0.25, 0.3) is 0 Å². The monoisotopic (exact) mass is 453 g/mol. The predicted octanol–water partition coefficient (Wildman–Crippen LogP) is 6.12. The summed E-state index contributed by atoms with van der Waals surface area (Å²) in [7, 11) is 0. The number of carbonyl (C=O) groups excluding carboxylic acids is 1. The lowest BCUT2D eigenvalue weighted by Gasteiger charge is -2.52. The zero-order valence-electron chi connectivity index (χ0n) is 19.2. The van der Waals surface area contributed by atoms with Crippen LogP contribution in [0.5, 0.6) is 0 Å². The van der Waals surface area contributed by atoms with Crippen LogP contribution in [0.3, 0.4) is 0 Å². The highest BCUT2D eigenvalue weighted by Gasteiger charge is 2.47. The first kappa shape index (κ1) is 22.0. The summed E-state index contributed by atoms with van der Waals surface area (Å²) in [6, 6.07) is 14.9. The first-order valence-corrected chi connectivity index (χ1v) is 13.5. The van der Waals surface area contributed by atoms with Crippen molar-refractivity contribution in [1.82, 2.24) is 0 Å². The minimum atomic E-state index is -0.111. The molecule has 2 aromatic rings. The van der Waals surface area contributed by atoms with Crippen LogP contribution >= 0.6 is 11.3 Å². The lowest BCUT2D eigenvalue weighted by Crippen LogP contribution is -2.65. The molecule has 6 rings (SSSR count). The summed E-state index contributed by atoms with van der Waals surface area (Å²) in [4.78, 5) is 15.3. The number of hydrogen-bond acceptors (Lipinski definition) is 3. The zero-order valence-corrected chi connectivity index (χ0v) is 20.0. The Bertz CT molecular complexity index is 855. The van der Waals surface area contributed by atoms with E-state index in [-0.39, 0.29) is 12.2 Å². The van der Waals surface area contributed by atoms with E-state index in [1.165, 1.54) is 70.1 Å². The summed E-state index contributed by atoms with van der Waals surface area (Å²) in [5.41, 5.74) is 1.43. The number of aryl methyl sites for hydroxylation is 1. The largest absolute Gasteiger partial charge is 0.440 e. The van der Waals surface area contributed by atoms with Gasteiger partial charge in [0.25, 0.3) is 0 Å². The number of rotatable bonds is 8. The van der Waals surface area contributed by atoms with Gasteiger partial charge in [-0.05, 0) is 48.3 Å². The van der Waals surface area contributed by atoms with Crippen LogP contribution in [0.2, 0.25) is 0 Å². The number of fused-ring (bicyclic) bond motifs is 3. The van der Waals surface area contributed by atoms with Crippen molar-refractivity contribution in [2.45, 2.75) is 57.5 Å². The average Bonchev–Trinajstić information content (AvgIpc) is 3.53. The molecular formula is C27H37N2O2S+. The van der Waals surface area contributed by atoms with E-state index in [0.29, 0.717) is 11.8 Å². The number of thiophene rings is 1. The molecule has 4 nitrogen and oxygen atoms in total. The van der Waals surface area contributed by atoms with Crippen LogP contribution in [-0.4, -0.2) is 49.4 Å². The van der Waals surface area contributed by atoms with Crippen LogP contribution in [-0.2, 0) is 11.2 Å². The molecule has 0 radical (unpaired) electrons. The van der Waals surface area contributed by atoms with E-state index in [2.05, 4.69) is 41.8 Å². The van der Waals surface area contributed by atoms with E-state index in [9.17, 15) is 4.79 Å². The van der Waals surface area contributed by atoms with Crippen molar-refractivity contribution in [3.05, 3.63) is 53.4 Å². The summed E-state index contributed by atoms with van der Waals surface area (Å²) >= 11 is 1.65. The van der Waals surface area contributed by atoms with E-state index < -0.39 is 0 Å². The molecule has 1 aliphatic carbocycles. The lowest BCUT2D eigenvalue weighted by molar-refractivity contribution is -0.946. The number of benzene rings is 1. The summed E-state index contributed by atoms with van der Waals surface area (Å²) in [6.07, 6.45) is 9.78. The molecule has 2 bridgehead atoms. The number of piperidine rings is 3. The molecule has 4 fully saturated rings. The Morgan fingerprint density at radius 2 is 1.81 bits per heavy atom. The van der Waals surface area contributed by atoms with E-state index in [4.69, 9.17) is 4.74 Å². The highest BCUT2D eigenvalue weighted by Crippen LogP contribution is 2.37. The van der Waals surface area contributed by atoms with Gasteiger partial charge in [-0.25, -0.2) is 4.79 Å². The molecule has 32 heavy (non-hydrogen) atoms. The van der Waals surface area contributed by atoms with Crippen molar-refractivity contribution in [2.75, 3.05) is 37.6 Å². The molecule has 3 saturated heterocycles. The first-order valence-electron chi connectivity index (χ1n) is 12.6. The second kappa shape index (κ2) is 9.96. The van der Waals surface area contributed by atoms with Crippen molar-refractivity contribution in [2.24, 2.45) is 11.8 Å². The molecule has 1 aromatic heterocycles. The van der Waals surface area contributed by atoms with Crippen LogP contribution in [0.15, 0.2) is 47.8 Å². The molecule has 0 spiro atoms. The number of amides is 1. The molecule has 172 valence electrons. The third-order valence-corrected chi connectivity index (χ3v) is 9.03. The van der Waals surface area contributed by atoms with Crippen LogP contribution < -0.4 is 4.90 Å². The standard InChI is InChI=1S/C27H37N2O2S/c30-27(28(26-13-7-19-32-26)20-23-10-4-5-11-23)31-25-21-29(17-14-24(25)15-18-29)16-6-12-22-8-2-1-3-9-22/h1-3,7-9,13,19,23-25H,4-6,10-12,14-18,20-21H2/q+1/t24?,25-,29?/m0/s1. The van der Waals surface area contributed by atoms with E-state index in [1.54, 1.807) is 11.3 Å². The Morgan fingerprint density at radius 1 is 1.03 bits per heavy atom. The molecule has 1 amide bonds. The van der Waals surface area contributed by atoms with Gasteiger partial charge in [-0.2, -0.15) is 0 Å². The van der Waals surface area contributed by atoms with Crippen LogP contribution in [0, 0.1) is 11.8 Å². The van der Waals surface area contributed by atoms with E-state index >= 15 is 0 Å². The van der Waals surface area contributed by atoms with Gasteiger partial charge in [-0.15, -0.1) is 11.3 Å². The summed E-state index contributed by atoms with van der Waals surface area (Å²) in [6.45, 7) is 5.53. The van der Waals surface area contributed by atoms with Gasteiger partial charge < -0.3 is 9.22 Å². The van der Waals surface area contributed by atoms with Crippen molar-refractivity contribution < 1.29 is 14.0 Å². The molecule has 0 N–H and O–H groups in total. The minimum Gasteiger partial charge on any atom is -0.440 e. The maximum absolute atomic E-state index is 13.4.